The van der Waals surface area contributed by atoms with Gasteiger partial charge in [-0.25, -0.2) is 0 Å². The average Bonchev–Trinajstić information content (AvgIpc) is 2.90. The van der Waals surface area contributed by atoms with Crippen molar-refractivity contribution < 1.29 is 4.92 Å². The van der Waals surface area contributed by atoms with Crippen molar-refractivity contribution in [1.82, 2.24) is 14.8 Å². The van der Waals surface area contributed by atoms with E-state index in [2.05, 4.69) is 15.0 Å². The highest BCUT2D eigenvalue weighted by atomic mass is 16.6. The van der Waals surface area contributed by atoms with Crippen LogP contribution in [0, 0.1) is 10.1 Å². The van der Waals surface area contributed by atoms with Crippen molar-refractivity contribution in [2.45, 2.75) is 19.3 Å². The molecule has 21 heavy (non-hydrogen) atoms. The molecule has 2 aromatic rings. The van der Waals surface area contributed by atoms with E-state index in [-0.39, 0.29) is 11.6 Å². The molecule has 0 spiro atoms. The van der Waals surface area contributed by atoms with E-state index >= 15 is 0 Å². The second-order valence-corrected chi connectivity index (χ2v) is 4.98. The van der Waals surface area contributed by atoms with Crippen molar-refractivity contribution in [1.29, 1.82) is 0 Å². The first kappa shape index (κ1) is 13.3. The van der Waals surface area contributed by atoms with Crippen molar-refractivity contribution in [2.24, 2.45) is 0 Å². The molecule has 110 valence electrons. The quantitative estimate of drug-likeness (QED) is 0.681. The van der Waals surface area contributed by atoms with Gasteiger partial charge in [0.15, 0.2) is 0 Å². The van der Waals surface area contributed by atoms with E-state index < -0.39 is 4.92 Å². The third-order valence-electron chi connectivity index (χ3n) is 3.57. The molecule has 8 nitrogen and oxygen atoms in total. The van der Waals surface area contributed by atoms with E-state index in [1.165, 1.54) is 17.2 Å². The maximum atomic E-state index is 11.1. The van der Waals surface area contributed by atoms with Crippen LogP contribution in [0.4, 0.5) is 17.6 Å². The Bertz CT molecular complexity index is 662. The van der Waals surface area contributed by atoms with E-state index in [0.29, 0.717) is 11.6 Å². The van der Waals surface area contributed by atoms with E-state index in [1.54, 1.807) is 18.2 Å². The topological polar surface area (TPSA) is 103 Å². The fourth-order valence-corrected chi connectivity index (χ4v) is 2.52. The summed E-state index contributed by atoms with van der Waals surface area (Å²) in [7, 11) is 0. The zero-order chi connectivity index (χ0) is 14.8. The number of piperidine rings is 1. The molecule has 0 bridgehead atoms. The summed E-state index contributed by atoms with van der Waals surface area (Å²) in [5, 5.41) is 15.5. The summed E-state index contributed by atoms with van der Waals surface area (Å²) in [4.78, 5) is 17.0. The zero-order valence-corrected chi connectivity index (χ0v) is 11.5. The van der Waals surface area contributed by atoms with Crippen LogP contribution in [0.3, 0.4) is 0 Å². The van der Waals surface area contributed by atoms with E-state index in [9.17, 15) is 10.1 Å². The minimum atomic E-state index is -0.447. The molecule has 1 aliphatic heterocycles. The van der Waals surface area contributed by atoms with Gasteiger partial charge in [0.1, 0.15) is 5.69 Å². The Morgan fingerprint density at radius 1 is 1.19 bits per heavy atom. The highest BCUT2D eigenvalue weighted by Gasteiger charge is 2.21. The van der Waals surface area contributed by atoms with Gasteiger partial charge < -0.3 is 10.6 Å². The fraction of sp³-hybridized carbons (Fsp3) is 0.385. The van der Waals surface area contributed by atoms with Crippen molar-refractivity contribution in [2.75, 3.05) is 23.7 Å². The van der Waals surface area contributed by atoms with Gasteiger partial charge >= 0.3 is 0 Å². The molecule has 1 aromatic heterocycles. The number of nitro benzene ring substituents is 1. The Morgan fingerprint density at radius 3 is 2.62 bits per heavy atom. The molecule has 0 radical (unpaired) electrons. The van der Waals surface area contributed by atoms with E-state index in [1.807, 2.05) is 0 Å². The Kier molecular flexibility index (Phi) is 3.43. The fourth-order valence-electron chi connectivity index (χ4n) is 2.52. The molecule has 2 heterocycles. The lowest BCUT2D eigenvalue weighted by Gasteiger charge is -2.24. The highest BCUT2D eigenvalue weighted by molar-refractivity contribution is 5.55. The second kappa shape index (κ2) is 5.39. The number of nitrogens with zero attached hydrogens (tertiary/aromatic N) is 5. The van der Waals surface area contributed by atoms with Crippen molar-refractivity contribution >= 4 is 17.6 Å². The molecular formula is C13H16N6O2. The number of hydrogen-bond acceptors (Lipinski definition) is 6. The summed E-state index contributed by atoms with van der Waals surface area (Å²) < 4.78 is 1.34. The molecule has 1 fully saturated rings. The van der Waals surface area contributed by atoms with Crippen LogP contribution in [-0.2, 0) is 0 Å². The normalized spacial score (nSPS) is 15.1. The van der Waals surface area contributed by atoms with Crippen LogP contribution >= 0.6 is 0 Å². The molecule has 1 aliphatic rings. The maximum Gasteiger partial charge on any atom is 0.295 e. The van der Waals surface area contributed by atoms with Gasteiger partial charge in [0.05, 0.1) is 4.92 Å². The molecule has 1 aromatic carbocycles. The van der Waals surface area contributed by atoms with Gasteiger partial charge in [0.25, 0.3) is 5.69 Å². The third kappa shape index (κ3) is 2.51. The van der Waals surface area contributed by atoms with Gasteiger partial charge in [-0.15, -0.1) is 5.10 Å². The standard InChI is InChI=1S/C13H16N6O2/c14-12-15-13(17-8-4-1-5-9-17)16-18(12)10-6-2-3-7-11(10)19(20)21/h2-3,6-7H,1,4-5,8-9H2,(H2,14,15,16). The molecule has 0 saturated carbocycles. The van der Waals surface area contributed by atoms with Gasteiger partial charge in [0, 0.05) is 19.2 Å². The molecule has 0 aliphatic carbocycles. The molecule has 8 heteroatoms. The van der Waals surface area contributed by atoms with Crippen LogP contribution in [0.2, 0.25) is 0 Å². The molecule has 3 rings (SSSR count). The Balaban J connectivity index is 2.00. The lowest BCUT2D eigenvalue weighted by Crippen LogP contribution is -2.30. The number of rotatable bonds is 3. The molecule has 1 saturated heterocycles. The first-order chi connectivity index (χ1) is 10.2. The predicted molar refractivity (Wildman–Crippen MR) is 78.5 cm³/mol. The van der Waals surface area contributed by atoms with Gasteiger partial charge in [-0.05, 0) is 25.3 Å². The number of aromatic nitrogens is 3. The SMILES string of the molecule is Nc1nc(N2CCCCC2)nn1-c1ccccc1[N+](=O)[O-]. The number of benzene rings is 1. The summed E-state index contributed by atoms with van der Waals surface area (Å²) in [6.45, 7) is 1.78. The third-order valence-corrected chi connectivity index (χ3v) is 3.57. The molecule has 0 atom stereocenters. The van der Waals surface area contributed by atoms with Gasteiger partial charge in [0.2, 0.25) is 11.9 Å². The summed E-state index contributed by atoms with van der Waals surface area (Å²) in [5.74, 6) is 0.690. The van der Waals surface area contributed by atoms with Gasteiger partial charge in [-0.2, -0.15) is 9.67 Å². The molecular weight excluding hydrogens is 272 g/mol. The monoisotopic (exact) mass is 288 g/mol. The van der Waals surface area contributed by atoms with Crippen LogP contribution in [0.5, 0.6) is 0 Å². The first-order valence-electron chi connectivity index (χ1n) is 6.88. The number of hydrogen-bond donors (Lipinski definition) is 1. The lowest BCUT2D eigenvalue weighted by atomic mass is 10.1. The Labute approximate surface area is 121 Å². The summed E-state index contributed by atoms with van der Waals surface area (Å²) in [6, 6.07) is 6.37. The van der Waals surface area contributed by atoms with Crippen molar-refractivity contribution in [3.63, 3.8) is 0 Å². The van der Waals surface area contributed by atoms with Crippen molar-refractivity contribution in [3.8, 4) is 5.69 Å². The number of para-hydroxylation sites is 2. The molecule has 0 unspecified atom stereocenters. The maximum absolute atomic E-state index is 11.1. The number of nitrogens with two attached hydrogens (primary N) is 1. The second-order valence-electron chi connectivity index (χ2n) is 4.98. The first-order valence-corrected chi connectivity index (χ1v) is 6.88. The Morgan fingerprint density at radius 2 is 1.90 bits per heavy atom. The van der Waals surface area contributed by atoms with Crippen LogP contribution in [-0.4, -0.2) is 32.8 Å². The number of anilines is 2. The van der Waals surface area contributed by atoms with Crippen LogP contribution in [0.15, 0.2) is 24.3 Å². The average molecular weight is 288 g/mol. The zero-order valence-electron chi connectivity index (χ0n) is 11.5. The summed E-state index contributed by atoms with van der Waals surface area (Å²) in [5.41, 5.74) is 6.18. The highest BCUT2D eigenvalue weighted by Crippen LogP contribution is 2.25. The van der Waals surface area contributed by atoms with E-state index in [4.69, 9.17) is 5.73 Å². The Hall–Kier alpha value is -2.64. The number of nitrogen functional groups attached to an aromatic ring is 1. The predicted octanol–water partition coefficient (Wildman–Crippen LogP) is 1.75. The minimum absolute atomic E-state index is 0.0423. The largest absolute Gasteiger partial charge is 0.368 e. The lowest BCUT2D eigenvalue weighted by molar-refractivity contribution is -0.384. The molecule has 2 N–H and O–H groups in total. The summed E-state index contributed by atoms with van der Waals surface area (Å²) in [6.07, 6.45) is 3.40. The van der Waals surface area contributed by atoms with Crippen molar-refractivity contribution in [3.05, 3.63) is 34.4 Å². The van der Waals surface area contributed by atoms with Crippen LogP contribution in [0.25, 0.3) is 5.69 Å². The smallest absolute Gasteiger partial charge is 0.295 e. The number of nitro groups is 1. The minimum Gasteiger partial charge on any atom is -0.368 e. The van der Waals surface area contributed by atoms with Gasteiger partial charge in [-0.1, -0.05) is 12.1 Å². The van der Waals surface area contributed by atoms with Crippen LogP contribution < -0.4 is 10.6 Å². The summed E-state index contributed by atoms with van der Waals surface area (Å²) >= 11 is 0. The van der Waals surface area contributed by atoms with Crippen LogP contribution in [0.1, 0.15) is 19.3 Å². The van der Waals surface area contributed by atoms with E-state index in [0.717, 1.165) is 25.9 Å². The van der Waals surface area contributed by atoms with Gasteiger partial charge in [-0.3, -0.25) is 10.1 Å². The molecule has 0 amide bonds.